The number of rotatable bonds is 5. The fraction of sp³-hybridized carbons (Fsp3) is 0.304. The highest BCUT2D eigenvalue weighted by molar-refractivity contribution is 6.02. The summed E-state index contributed by atoms with van der Waals surface area (Å²) in [6, 6.07) is 11.2. The third-order valence-corrected chi connectivity index (χ3v) is 5.99. The number of pyridine rings is 1. The molecule has 2 heterocycles. The molecule has 0 bridgehead atoms. The topological polar surface area (TPSA) is 91.6 Å². The van der Waals surface area contributed by atoms with Crippen molar-refractivity contribution < 1.29 is 22.9 Å². The van der Waals surface area contributed by atoms with Gasteiger partial charge in [-0.3, -0.25) is 24.8 Å². The van der Waals surface area contributed by atoms with E-state index in [1.165, 1.54) is 0 Å². The number of carbonyl (C=O) groups is 1. The van der Waals surface area contributed by atoms with Gasteiger partial charge in [-0.1, -0.05) is 6.07 Å². The Kier molecular flexibility index (Phi) is 6.38. The van der Waals surface area contributed by atoms with Gasteiger partial charge in [0.1, 0.15) is 5.69 Å². The maximum atomic E-state index is 13.0. The molecular weight excluding hydrogens is 451 g/mol. The van der Waals surface area contributed by atoms with E-state index in [1.54, 1.807) is 30.2 Å². The second-order valence-corrected chi connectivity index (χ2v) is 8.02. The molecule has 1 aliphatic heterocycles. The Morgan fingerprint density at radius 3 is 2.53 bits per heavy atom. The Labute approximate surface area is 193 Å². The largest absolute Gasteiger partial charge is 0.416 e. The number of hydrogen-bond donors (Lipinski definition) is 1. The van der Waals surface area contributed by atoms with Crippen LogP contribution in [0.5, 0.6) is 0 Å². The number of anilines is 2. The summed E-state index contributed by atoms with van der Waals surface area (Å²) in [4.78, 5) is 31.4. The van der Waals surface area contributed by atoms with Crippen molar-refractivity contribution in [3.05, 3.63) is 70.4 Å². The molecule has 0 radical (unpaired) electrons. The Hall–Kier alpha value is -3.73. The highest BCUT2D eigenvalue weighted by Crippen LogP contribution is 2.37. The van der Waals surface area contributed by atoms with Crippen molar-refractivity contribution in [3.63, 3.8) is 0 Å². The molecule has 3 aromatic rings. The van der Waals surface area contributed by atoms with E-state index in [-0.39, 0.29) is 11.6 Å². The molecule has 1 N–H and O–H groups in total. The number of hydrogen-bond acceptors (Lipinski definition) is 6. The van der Waals surface area contributed by atoms with Crippen molar-refractivity contribution >= 4 is 33.9 Å². The van der Waals surface area contributed by atoms with Gasteiger partial charge >= 0.3 is 6.18 Å². The molecule has 0 saturated carbocycles. The number of aromatic nitrogens is 1. The smallest absolute Gasteiger partial charge is 0.363 e. The first-order valence-corrected chi connectivity index (χ1v) is 10.6. The molecule has 1 saturated heterocycles. The van der Waals surface area contributed by atoms with Crippen molar-refractivity contribution in [2.45, 2.75) is 19.1 Å². The second-order valence-electron chi connectivity index (χ2n) is 8.02. The number of nitro benzene ring substituents is 1. The van der Waals surface area contributed by atoms with Gasteiger partial charge in [0.2, 0.25) is 5.91 Å². The highest BCUT2D eigenvalue weighted by Gasteiger charge is 2.34. The number of benzene rings is 2. The van der Waals surface area contributed by atoms with Gasteiger partial charge in [-0.2, -0.15) is 13.2 Å². The molecule has 4 rings (SSSR count). The predicted molar refractivity (Wildman–Crippen MR) is 122 cm³/mol. The second kappa shape index (κ2) is 9.26. The predicted octanol–water partition coefficient (Wildman–Crippen LogP) is 4.31. The standard InChI is InChI=1S/C23H22F3N5O3/c1-15(22(32)28-19-6-2-5-18-17(19)4-3-9-27-18)29-10-12-30(13-11-29)20-8-7-16(23(24,25)26)14-21(20)31(33)34/h2-9,14-15H,10-13H2,1H3,(H,28,32). The monoisotopic (exact) mass is 473 g/mol. The third kappa shape index (κ3) is 4.79. The summed E-state index contributed by atoms with van der Waals surface area (Å²) in [6.45, 7) is 3.28. The van der Waals surface area contributed by atoms with Crippen LogP contribution in [0.4, 0.5) is 30.2 Å². The number of halogens is 3. The normalized spacial score (nSPS) is 15.8. The van der Waals surface area contributed by atoms with Crippen LogP contribution in [0.1, 0.15) is 12.5 Å². The maximum absolute atomic E-state index is 13.0. The molecule has 11 heteroatoms. The molecule has 0 aliphatic carbocycles. The number of nitrogens with zero attached hydrogens (tertiary/aromatic N) is 4. The van der Waals surface area contributed by atoms with Crippen molar-refractivity contribution in [2.75, 3.05) is 36.4 Å². The average Bonchev–Trinajstić information content (AvgIpc) is 2.83. The number of nitro groups is 1. The molecular formula is C23H22F3N5O3. The quantitative estimate of drug-likeness (QED) is 0.439. The number of carbonyl (C=O) groups excluding carboxylic acids is 1. The van der Waals surface area contributed by atoms with Crippen LogP contribution in [-0.2, 0) is 11.0 Å². The fourth-order valence-corrected chi connectivity index (χ4v) is 4.08. The minimum atomic E-state index is -4.66. The van der Waals surface area contributed by atoms with Crippen molar-refractivity contribution in [2.24, 2.45) is 0 Å². The molecule has 1 unspecified atom stereocenters. The zero-order valence-corrected chi connectivity index (χ0v) is 18.2. The minimum Gasteiger partial charge on any atom is -0.363 e. The van der Waals surface area contributed by atoms with Crippen molar-refractivity contribution in [1.82, 2.24) is 9.88 Å². The van der Waals surface area contributed by atoms with E-state index in [0.29, 0.717) is 37.9 Å². The average molecular weight is 473 g/mol. The molecule has 1 atom stereocenters. The number of piperazine rings is 1. The van der Waals surface area contributed by atoms with Gasteiger partial charge in [0.15, 0.2) is 0 Å². The van der Waals surface area contributed by atoms with Gasteiger partial charge in [0.05, 0.1) is 27.7 Å². The lowest BCUT2D eigenvalue weighted by molar-refractivity contribution is -0.384. The van der Waals surface area contributed by atoms with Crippen LogP contribution in [0.15, 0.2) is 54.7 Å². The number of alkyl halides is 3. The van der Waals surface area contributed by atoms with Crippen LogP contribution in [0, 0.1) is 10.1 Å². The Morgan fingerprint density at radius 1 is 1.12 bits per heavy atom. The van der Waals surface area contributed by atoms with Gasteiger partial charge in [-0.25, -0.2) is 0 Å². The Bertz CT molecular complexity index is 1220. The van der Waals surface area contributed by atoms with E-state index < -0.39 is 28.4 Å². The summed E-state index contributed by atoms with van der Waals surface area (Å²) >= 11 is 0. The molecule has 1 aliphatic rings. The van der Waals surface area contributed by atoms with Crippen molar-refractivity contribution in [1.29, 1.82) is 0 Å². The number of fused-ring (bicyclic) bond motifs is 1. The van der Waals surface area contributed by atoms with Crippen LogP contribution >= 0.6 is 0 Å². The zero-order valence-electron chi connectivity index (χ0n) is 18.2. The first kappa shape index (κ1) is 23.4. The van der Waals surface area contributed by atoms with Gasteiger partial charge < -0.3 is 10.2 Å². The lowest BCUT2D eigenvalue weighted by Crippen LogP contribution is -2.53. The number of amides is 1. The van der Waals surface area contributed by atoms with Crippen LogP contribution < -0.4 is 10.2 Å². The third-order valence-electron chi connectivity index (χ3n) is 5.99. The van der Waals surface area contributed by atoms with E-state index >= 15 is 0 Å². The molecule has 1 fully saturated rings. The van der Waals surface area contributed by atoms with Crippen LogP contribution in [0.25, 0.3) is 10.9 Å². The first-order valence-electron chi connectivity index (χ1n) is 10.6. The van der Waals surface area contributed by atoms with E-state index in [1.807, 2.05) is 23.1 Å². The van der Waals surface area contributed by atoms with Crippen molar-refractivity contribution in [3.8, 4) is 0 Å². The molecule has 1 amide bonds. The van der Waals surface area contributed by atoms with E-state index in [9.17, 15) is 28.1 Å². The van der Waals surface area contributed by atoms with Gasteiger partial charge in [-0.05, 0) is 43.3 Å². The number of nitrogens with one attached hydrogen (secondary N) is 1. The van der Waals surface area contributed by atoms with E-state index in [4.69, 9.17) is 0 Å². The summed E-state index contributed by atoms with van der Waals surface area (Å²) in [7, 11) is 0. The fourth-order valence-electron chi connectivity index (χ4n) is 4.08. The molecule has 1 aromatic heterocycles. The summed E-state index contributed by atoms with van der Waals surface area (Å²) in [5, 5.41) is 15.2. The van der Waals surface area contributed by atoms with E-state index in [2.05, 4.69) is 10.3 Å². The summed E-state index contributed by atoms with van der Waals surface area (Å²) in [6.07, 6.45) is -2.98. The lowest BCUT2D eigenvalue weighted by Gasteiger charge is -2.38. The first-order chi connectivity index (χ1) is 16.1. The van der Waals surface area contributed by atoms with Gasteiger partial charge in [0, 0.05) is 43.8 Å². The highest BCUT2D eigenvalue weighted by atomic mass is 19.4. The molecule has 2 aromatic carbocycles. The summed E-state index contributed by atoms with van der Waals surface area (Å²) in [5.41, 5.74) is -0.0895. The maximum Gasteiger partial charge on any atom is 0.416 e. The minimum absolute atomic E-state index is 0.137. The van der Waals surface area contributed by atoms with Crippen LogP contribution in [0.3, 0.4) is 0 Å². The summed E-state index contributed by atoms with van der Waals surface area (Å²) in [5.74, 6) is -0.203. The molecule has 0 spiro atoms. The van der Waals surface area contributed by atoms with Gasteiger partial charge in [-0.15, -0.1) is 0 Å². The Balaban J connectivity index is 1.43. The Morgan fingerprint density at radius 2 is 1.85 bits per heavy atom. The van der Waals surface area contributed by atoms with Gasteiger partial charge in [0.25, 0.3) is 5.69 Å². The molecule has 34 heavy (non-hydrogen) atoms. The van der Waals surface area contributed by atoms with E-state index in [0.717, 1.165) is 23.0 Å². The molecule has 178 valence electrons. The zero-order chi connectivity index (χ0) is 24.5. The van der Waals surface area contributed by atoms with Crippen LogP contribution in [0.2, 0.25) is 0 Å². The van der Waals surface area contributed by atoms with Crippen LogP contribution in [-0.4, -0.2) is 52.9 Å². The lowest BCUT2D eigenvalue weighted by atomic mass is 10.1. The molecule has 8 nitrogen and oxygen atoms in total. The SMILES string of the molecule is CC(C(=O)Nc1cccc2ncccc12)N1CCN(c2ccc(C(F)(F)F)cc2[N+](=O)[O-])CC1. The summed E-state index contributed by atoms with van der Waals surface area (Å²) < 4.78 is 38.9.